The molecular weight excluding hydrogens is 373 g/mol. The Morgan fingerprint density at radius 1 is 1.15 bits per heavy atom. The van der Waals surface area contributed by atoms with E-state index >= 15 is 0 Å². The van der Waals surface area contributed by atoms with Gasteiger partial charge in [-0.2, -0.15) is 0 Å². The first-order valence-electron chi connectivity index (χ1n) is 8.60. The number of halogens is 2. The van der Waals surface area contributed by atoms with Crippen LogP contribution in [0.2, 0.25) is 10.0 Å². The van der Waals surface area contributed by atoms with E-state index in [2.05, 4.69) is 0 Å². The van der Waals surface area contributed by atoms with Crippen LogP contribution in [0.15, 0.2) is 48.5 Å². The van der Waals surface area contributed by atoms with E-state index < -0.39 is 6.10 Å². The lowest BCUT2D eigenvalue weighted by atomic mass is 9.97. The molecule has 2 unspecified atom stereocenters. The maximum Gasteiger partial charge on any atom is 0.257 e. The molecule has 0 radical (unpaired) electrons. The van der Waals surface area contributed by atoms with Gasteiger partial charge >= 0.3 is 0 Å². The lowest BCUT2D eigenvalue weighted by molar-refractivity contribution is -0.166. The average molecular weight is 394 g/mol. The smallest absolute Gasteiger partial charge is 0.257 e. The van der Waals surface area contributed by atoms with Gasteiger partial charge < -0.3 is 14.7 Å². The third-order valence-electron chi connectivity index (χ3n) is 4.72. The van der Waals surface area contributed by atoms with Gasteiger partial charge in [-0.1, -0.05) is 54.4 Å². The predicted octanol–water partition coefficient (Wildman–Crippen LogP) is 4.41. The maximum atomic E-state index is 13.3. The Hall–Kier alpha value is -1.59. The number of aliphatic hydroxyl groups excluding tert-OH is 1. The Morgan fingerprint density at radius 2 is 1.88 bits per heavy atom. The fourth-order valence-electron chi connectivity index (χ4n) is 3.33. The van der Waals surface area contributed by atoms with Gasteiger partial charge in [-0.25, -0.2) is 0 Å². The molecular formula is C20H21Cl2NO3. The van der Waals surface area contributed by atoms with Gasteiger partial charge in [0.15, 0.2) is 6.10 Å². The van der Waals surface area contributed by atoms with Crippen molar-refractivity contribution >= 4 is 29.1 Å². The molecule has 3 atom stereocenters. The molecule has 1 N–H and O–H groups in total. The fraction of sp³-hybridized carbons (Fsp3) is 0.350. The van der Waals surface area contributed by atoms with E-state index in [1.165, 1.54) is 0 Å². The molecule has 1 saturated heterocycles. The summed E-state index contributed by atoms with van der Waals surface area (Å²) in [6.45, 7) is 2.19. The number of amides is 1. The Morgan fingerprint density at radius 3 is 2.50 bits per heavy atom. The molecule has 1 aliphatic rings. The van der Waals surface area contributed by atoms with Crippen molar-refractivity contribution in [2.75, 3.05) is 13.2 Å². The first kappa shape index (κ1) is 19.2. The zero-order valence-corrected chi connectivity index (χ0v) is 16.0. The van der Waals surface area contributed by atoms with Crippen LogP contribution >= 0.6 is 23.2 Å². The standard InChI is InChI=1S/C20H21Cl2NO3/c1-2-17(11-24)23-18(13-6-8-15(21)9-7-13)12-26-19(20(23)25)14-4-3-5-16(22)10-14/h3-10,17-19,24H,2,11-12H2,1H3/t17-,18?,19?/m0/s1. The molecule has 0 spiro atoms. The number of hydrogen-bond acceptors (Lipinski definition) is 3. The van der Waals surface area contributed by atoms with E-state index in [-0.39, 0.29) is 24.6 Å². The fourth-order valence-corrected chi connectivity index (χ4v) is 3.65. The number of rotatable bonds is 5. The largest absolute Gasteiger partial charge is 0.394 e. The molecule has 1 fully saturated rings. The lowest BCUT2D eigenvalue weighted by Gasteiger charge is -2.43. The normalized spacial score (nSPS) is 21.7. The molecule has 2 aromatic rings. The van der Waals surface area contributed by atoms with Gasteiger partial charge in [-0.05, 0) is 41.8 Å². The van der Waals surface area contributed by atoms with Gasteiger partial charge in [-0.3, -0.25) is 4.79 Å². The number of nitrogens with zero attached hydrogens (tertiary/aromatic N) is 1. The molecule has 0 aliphatic carbocycles. The van der Waals surface area contributed by atoms with Crippen molar-refractivity contribution in [3.8, 4) is 0 Å². The van der Waals surface area contributed by atoms with Crippen LogP contribution in [0.25, 0.3) is 0 Å². The molecule has 1 amide bonds. The third-order valence-corrected chi connectivity index (χ3v) is 5.20. The molecule has 138 valence electrons. The second-order valence-electron chi connectivity index (χ2n) is 6.33. The third kappa shape index (κ3) is 3.89. The van der Waals surface area contributed by atoms with Crippen molar-refractivity contribution in [1.29, 1.82) is 0 Å². The highest BCUT2D eigenvalue weighted by Gasteiger charge is 2.40. The summed E-state index contributed by atoms with van der Waals surface area (Å²) in [7, 11) is 0. The number of carbonyl (C=O) groups excluding carboxylic acids is 1. The summed E-state index contributed by atoms with van der Waals surface area (Å²) in [5.41, 5.74) is 1.65. The van der Waals surface area contributed by atoms with Crippen molar-refractivity contribution in [3.05, 3.63) is 69.7 Å². The molecule has 3 rings (SSSR count). The number of carbonyl (C=O) groups is 1. The summed E-state index contributed by atoms with van der Waals surface area (Å²) in [6, 6.07) is 13.9. The molecule has 4 nitrogen and oxygen atoms in total. The van der Waals surface area contributed by atoms with Crippen molar-refractivity contribution in [2.45, 2.75) is 31.5 Å². The van der Waals surface area contributed by atoms with Crippen molar-refractivity contribution in [3.63, 3.8) is 0 Å². The number of ether oxygens (including phenoxy) is 1. The number of hydrogen-bond donors (Lipinski definition) is 1. The summed E-state index contributed by atoms with van der Waals surface area (Å²) >= 11 is 12.1. The maximum absolute atomic E-state index is 13.3. The van der Waals surface area contributed by atoms with Gasteiger partial charge in [0.05, 0.1) is 25.3 Å². The van der Waals surface area contributed by atoms with E-state index in [1.807, 2.05) is 25.1 Å². The Balaban J connectivity index is 1.96. The van der Waals surface area contributed by atoms with Crippen LogP contribution in [0.4, 0.5) is 0 Å². The molecule has 6 heteroatoms. The topological polar surface area (TPSA) is 49.8 Å². The first-order valence-corrected chi connectivity index (χ1v) is 9.36. The van der Waals surface area contributed by atoms with Crippen LogP contribution in [0.1, 0.15) is 36.6 Å². The molecule has 0 saturated carbocycles. The SMILES string of the molecule is CC[C@@H](CO)N1C(=O)C(c2cccc(Cl)c2)OCC1c1ccc(Cl)cc1. The van der Waals surface area contributed by atoms with Crippen molar-refractivity contribution < 1.29 is 14.6 Å². The van der Waals surface area contributed by atoms with Crippen LogP contribution in [0.3, 0.4) is 0 Å². The van der Waals surface area contributed by atoms with Crippen molar-refractivity contribution in [2.24, 2.45) is 0 Å². The Bertz CT molecular complexity index is 762. The highest BCUT2D eigenvalue weighted by atomic mass is 35.5. The van der Waals surface area contributed by atoms with Crippen LogP contribution in [-0.2, 0) is 9.53 Å². The zero-order chi connectivity index (χ0) is 18.7. The molecule has 0 bridgehead atoms. The van der Waals surface area contributed by atoms with Gasteiger partial charge in [0.25, 0.3) is 5.91 Å². The quantitative estimate of drug-likeness (QED) is 0.818. The predicted molar refractivity (Wildman–Crippen MR) is 102 cm³/mol. The molecule has 0 aromatic heterocycles. The molecule has 2 aromatic carbocycles. The van der Waals surface area contributed by atoms with E-state index in [4.69, 9.17) is 27.9 Å². The molecule has 1 aliphatic heterocycles. The highest BCUT2D eigenvalue weighted by molar-refractivity contribution is 6.30. The van der Waals surface area contributed by atoms with E-state index in [1.54, 1.807) is 35.2 Å². The van der Waals surface area contributed by atoms with Crippen LogP contribution < -0.4 is 0 Å². The number of aliphatic hydroxyl groups is 1. The van der Waals surface area contributed by atoms with Crippen LogP contribution in [-0.4, -0.2) is 35.2 Å². The Labute approximate surface area is 163 Å². The second-order valence-corrected chi connectivity index (χ2v) is 7.20. The molecule has 1 heterocycles. The monoisotopic (exact) mass is 393 g/mol. The van der Waals surface area contributed by atoms with Gasteiger partial charge in [0, 0.05) is 10.0 Å². The average Bonchev–Trinajstić information content (AvgIpc) is 2.64. The summed E-state index contributed by atoms with van der Waals surface area (Å²) < 4.78 is 5.93. The van der Waals surface area contributed by atoms with Gasteiger partial charge in [0.1, 0.15) is 0 Å². The minimum absolute atomic E-state index is 0.103. The first-order chi connectivity index (χ1) is 12.5. The van der Waals surface area contributed by atoms with Crippen molar-refractivity contribution in [1.82, 2.24) is 4.90 Å². The molecule has 26 heavy (non-hydrogen) atoms. The zero-order valence-electron chi connectivity index (χ0n) is 14.4. The minimum atomic E-state index is -0.724. The van der Waals surface area contributed by atoms with Gasteiger partial charge in [-0.15, -0.1) is 0 Å². The number of benzene rings is 2. The minimum Gasteiger partial charge on any atom is -0.394 e. The highest BCUT2D eigenvalue weighted by Crippen LogP contribution is 2.36. The van der Waals surface area contributed by atoms with E-state index in [9.17, 15) is 9.90 Å². The lowest BCUT2D eigenvalue weighted by Crippen LogP contribution is -2.51. The summed E-state index contributed by atoms with van der Waals surface area (Å²) in [5, 5.41) is 11.0. The van der Waals surface area contributed by atoms with Crippen LogP contribution in [0.5, 0.6) is 0 Å². The van der Waals surface area contributed by atoms with Gasteiger partial charge in [0.2, 0.25) is 0 Å². The van der Waals surface area contributed by atoms with E-state index in [0.717, 1.165) is 11.1 Å². The van der Waals surface area contributed by atoms with Crippen LogP contribution in [0, 0.1) is 0 Å². The van der Waals surface area contributed by atoms with E-state index in [0.29, 0.717) is 23.1 Å². The summed E-state index contributed by atoms with van der Waals surface area (Å²) in [5.74, 6) is -0.167. The number of morpholine rings is 1. The summed E-state index contributed by atoms with van der Waals surface area (Å²) in [6.07, 6.45) is -0.0768. The summed E-state index contributed by atoms with van der Waals surface area (Å²) in [4.78, 5) is 15.0. The Kier molecular flexibility index (Phi) is 6.20. The second kappa shape index (κ2) is 8.40.